The Bertz CT molecular complexity index is 1900. The lowest BCUT2D eigenvalue weighted by Gasteiger charge is -2.25. The number of rotatable bonds is 87. The Labute approximate surface area is 647 Å². The molecular formula is C95H178NO8+. The average Bonchev–Trinajstić information content (AvgIpc) is 1.13. The minimum absolute atomic E-state index is 0.175. The molecule has 0 fully saturated rings. The number of carbonyl (C=O) groups excluding carboxylic acids is 2. The summed E-state index contributed by atoms with van der Waals surface area (Å²) in [5.41, 5.74) is 0. The molecule has 0 bridgehead atoms. The predicted molar refractivity (Wildman–Crippen MR) is 452 cm³/mol. The first kappa shape index (κ1) is 101. The van der Waals surface area contributed by atoms with E-state index >= 15 is 0 Å². The van der Waals surface area contributed by atoms with Crippen LogP contribution in [0.3, 0.4) is 0 Å². The Morgan fingerprint density at radius 3 is 0.817 bits per heavy atom. The number of esters is 2. The second-order valence-electron chi connectivity index (χ2n) is 32.6. The molecule has 1 N–H and O–H groups in total. The van der Waals surface area contributed by atoms with Crippen molar-refractivity contribution >= 4 is 17.9 Å². The number of hydrogen-bond donors (Lipinski definition) is 1. The van der Waals surface area contributed by atoms with Gasteiger partial charge in [0.1, 0.15) is 13.2 Å². The zero-order valence-corrected chi connectivity index (χ0v) is 70.2. The molecule has 0 amide bonds. The molecule has 0 aliphatic rings. The van der Waals surface area contributed by atoms with Crippen LogP contribution < -0.4 is 0 Å². The molecule has 2 unspecified atom stereocenters. The Balaban J connectivity index is 3.88. The SMILES string of the molecule is CC/C=C\C/C=C\C/C=C\C/C=C\C/C=C\CCCCCCCCCCCCCCCCCCCCCCCCCC(=O)OC(COC(=O)CCCCCCCCCCCCCCCCCCCCCCCCCCCCCCCCCCCCCCCCCC)COC(OCC[N+](C)(C)C)C(=O)O. The normalized spacial score (nSPS) is 12.8. The van der Waals surface area contributed by atoms with E-state index in [1.54, 1.807) is 0 Å². The molecule has 610 valence electrons. The van der Waals surface area contributed by atoms with Gasteiger partial charge < -0.3 is 28.5 Å². The number of aliphatic carboxylic acids is 1. The lowest BCUT2D eigenvalue weighted by molar-refractivity contribution is -0.870. The smallest absolute Gasteiger partial charge is 0.361 e. The van der Waals surface area contributed by atoms with Crippen molar-refractivity contribution < 1.29 is 42.9 Å². The molecule has 0 heterocycles. The third-order valence-electron chi connectivity index (χ3n) is 21.0. The van der Waals surface area contributed by atoms with Gasteiger partial charge in [-0.2, -0.15) is 0 Å². The number of allylic oxidation sites excluding steroid dienone is 10. The maximum Gasteiger partial charge on any atom is 0.361 e. The van der Waals surface area contributed by atoms with Crippen LogP contribution in [0.1, 0.15) is 470 Å². The second-order valence-corrected chi connectivity index (χ2v) is 32.6. The van der Waals surface area contributed by atoms with Gasteiger partial charge >= 0.3 is 17.9 Å². The van der Waals surface area contributed by atoms with Crippen molar-refractivity contribution in [1.29, 1.82) is 0 Å². The van der Waals surface area contributed by atoms with Crippen molar-refractivity contribution in [3.63, 3.8) is 0 Å². The summed E-state index contributed by atoms with van der Waals surface area (Å²) in [6.07, 6.45) is 113. The first-order valence-electron chi connectivity index (χ1n) is 46.0. The van der Waals surface area contributed by atoms with Crippen molar-refractivity contribution in [1.82, 2.24) is 0 Å². The van der Waals surface area contributed by atoms with E-state index in [1.807, 2.05) is 21.1 Å². The van der Waals surface area contributed by atoms with E-state index in [1.165, 1.54) is 372 Å². The predicted octanol–water partition coefficient (Wildman–Crippen LogP) is 30.1. The van der Waals surface area contributed by atoms with Crippen molar-refractivity contribution in [3.05, 3.63) is 60.8 Å². The van der Waals surface area contributed by atoms with Gasteiger partial charge in [0, 0.05) is 12.8 Å². The van der Waals surface area contributed by atoms with Gasteiger partial charge in [-0.25, -0.2) is 4.79 Å². The number of likely N-dealkylation sites (N-methyl/N-ethyl adjacent to an activating group) is 1. The molecular weight excluding hydrogens is 1280 g/mol. The van der Waals surface area contributed by atoms with E-state index in [0.29, 0.717) is 17.4 Å². The molecule has 0 aromatic rings. The van der Waals surface area contributed by atoms with Gasteiger partial charge in [0.15, 0.2) is 6.10 Å². The van der Waals surface area contributed by atoms with Gasteiger partial charge in [0.05, 0.1) is 34.4 Å². The number of carbonyl (C=O) groups is 3. The molecule has 0 aliphatic carbocycles. The van der Waals surface area contributed by atoms with Crippen LogP contribution in [0.5, 0.6) is 0 Å². The summed E-state index contributed by atoms with van der Waals surface area (Å²) in [5, 5.41) is 9.80. The zero-order valence-electron chi connectivity index (χ0n) is 70.2. The Hall–Kier alpha value is -3.01. The number of hydrogen-bond acceptors (Lipinski definition) is 7. The van der Waals surface area contributed by atoms with Gasteiger partial charge in [-0.15, -0.1) is 0 Å². The molecule has 0 aromatic heterocycles. The standard InChI is InChI=1S/C95H177NO8/c1-6-8-10-12-14-16-18-20-22-24-26-28-30-32-34-36-38-40-42-44-46-48-49-51-53-55-57-59-61-63-65-67-69-71-73-75-77-79-81-83-85-92(97)102-89-91(90-103-95(94(99)100)101-88-87-96(3,4)5)104-93(98)86-84-82-80-78-76-74-72-70-68-66-64-62-60-58-56-54-52-50-47-45-43-41-39-37-35-33-31-29-27-25-23-21-19-17-15-13-11-9-7-2/h9,11,15,17,21,23,27,29,33,35,91,95H,6-8,10,12-14,16,18-20,22,24-26,28,30-32,34,36-90H2,1-5H3/p+1/b11-9-,17-15-,23-21-,29-27-,35-33-. The van der Waals surface area contributed by atoms with E-state index in [-0.39, 0.29) is 38.2 Å². The Morgan fingerprint density at radius 2 is 0.548 bits per heavy atom. The highest BCUT2D eigenvalue weighted by Gasteiger charge is 2.25. The van der Waals surface area contributed by atoms with E-state index < -0.39 is 18.4 Å². The fourth-order valence-electron chi connectivity index (χ4n) is 14.1. The number of unbranched alkanes of at least 4 members (excludes halogenated alkanes) is 62. The molecule has 0 aromatic carbocycles. The van der Waals surface area contributed by atoms with Crippen LogP contribution in [0.25, 0.3) is 0 Å². The minimum Gasteiger partial charge on any atom is -0.477 e. The van der Waals surface area contributed by atoms with Crippen molar-refractivity contribution in [2.24, 2.45) is 0 Å². The molecule has 9 heteroatoms. The molecule has 2 atom stereocenters. The lowest BCUT2D eigenvalue weighted by Crippen LogP contribution is -2.40. The zero-order chi connectivity index (χ0) is 75.3. The third kappa shape index (κ3) is 86.2. The van der Waals surface area contributed by atoms with Crippen LogP contribution in [-0.4, -0.2) is 87.4 Å². The number of carboxylic acid groups (broad SMARTS) is 1. The van der Waals surface area contributed by atoms with Crippen LogP contribution in [0.2, 0.25) is 0 Å². The van der Waals surface area contributed by atoms with Gasteiger partial charge in [-0.1, -0.05) is 460 Å². The minimum atomic E-state index is -1.51. The molecule has 0 saturated carbocycles. The van der Waals surface area contributed by atoms with Gasteiger partial charge in [0.25, 0.3) is 6.29 Å². The number of nitrogens with zero attached hydrogens (tertiary/aromatic N) is 1. The summed E-state index contributed by atoms with van der Waals surface area (Å²) in [6.45, 7) is 4.85. The van der Waals surface area contributed by atoms with Crippen molar-refractivity contribution in [2.45, 2.75) is 482 Å². The van der Waals surface area contributed by atoms with Gasteiger partial charge in [0.2, 0.25) is 0 Å². The van der Waals surface area contributed by atoms with E-state index in [9.17, 15) is 19.5 Å². The number of quaternary nitrogens is 1. The van der Waals surface area contributed by atoms with Crippen molar-refractivity contribution in [3.8, 4) is 0 Å². The Morgan fingerprint density at radius 1 is 0.298 bits per heavy atom. The highest BCUT2D eigenvalue weighted by atomic mass is 16.7. The maximum absolute atomic E-state index is 13.0. The van der Waals surface area contributed by atoms with Gasteiger partial charge in [-0.05, 0) is 57.8 Å². The fourth-order valence-corrected chi connectivity index (χ4v) is 14.1. The topological polar surface area (TPSA) is 108 Å². The number of carboxylic acids is 1. The summed E-state index contributed by atoms with van der Waals surface area (Å²) in [7, 11) is 6.01. The van der Waals surface area contributed by atoms with E-state index in [2.05, 4.69) is 74.6 Å². The molecule has 0 rings (SSSR count). The lowest BCUT2D eigenvalue weighted by atomic mass is 10.0. The van der Waals surface area contributed by atoms with Crippen molar-refractivity contribution in [2.75, 3.05) is 47.5 Å². The highest BCUT2D eigenvalue weighted by molar-refractivity contribution is 5.71. The monoisotopic (exact) mass is 1460 g/mol. The summed E-state index contributed by atoms with van der Waals surface area (Å²) in [4.78, 5) is 37.8. The van der Waals surface area contributed by atoms with E-state index in [4.69, 9.17) is 18.9 Å². The first-order valence-corrected chi connectivity index (χ1v) is 46.0. The fraction of sp³-hybridized carbons (Fsp3) is 0.863. The molecule has 0 radical (unpaired) electrons. The second kappa shape index (κ2) is 85.6. The first-order chi connectivity index (χ1) is 51.1. The van der Waals surface area contributed by atoms with Gasteiger partial charge in [-0.3, -0.25) is 9.59 Å². The summed E-state index contributed by atoms with van der Waals surface area (Å²) in [5.74, 6) is -1.97. The average molecular weight is 1460 g/mol. The highest BCUT2D eigenvalue weighted by Crippen LogP contribution is 2.21. The Kier molecular flexibility index (Phi) is 83.1. The largest absolute Gasteiger partial charge is 0.477 e. The molecule has 104 heavy (non-hydrogen) atoms. The summed E-state index contributed by atoms with van der Waals surface area (Å²) >= 11 is 0. The molecule has 9 nitrogen and oxygen atoms in total. The molecule has 0 spiro atoms. The van der Waals surface area contributed by atoms with Crippen LogP contribution in [0, 0.1) is 0 Å². The molecule has 0 aliphatic heterocycles. The van der Waals surface area contributed by atoms with Crippen LogP contribution in [0.4, 0.5) is 0 Å². The van der Waals surface area contributed by atoms with Crippen LogP contribution in [-0.2, 0) is 33.3 Å². The van der Waals surface area contributed by atoms with E-state index in [0.717, 1.165) is 70.6 Å². The summed E-state index contributed by atoms with van der Waals surface area (Å²) < 4.78 is 23.1. The van der Waals surface area contributed by atoms with Crippen LogP contribution in [0.15, 0.2) is 60.8 Å². The maximum atomic E-state index is 13.0. The van der Waals surface area contributed by atoms with Crippen LogP contribution >= 0.6 is 0 Å². The number of ether oxygens (including phenoxy) is 4. The summed E-state index contributed by atoms with van der Waals surface area (Å²) in [6, 6.07) is 0. The molecule has 0 saturated heterocycles. The quantitative estimate of drug-likeness (QED) is 0.0211. The third-order valence-corrected chi connectivity index (χ3v) is 21.0.